The molecule has 0 spiro atoms. The van der Waals surface area contributed by atoms with Gasteiger partial charge in [0.05, 0.1) is 34.8 Å². The van der Waals surface area contributed by atoms with Gasteiger partial charge in [-0.3, -0.25) is 15.1 Å². The lowest BCUT2D eigenvalue weighted by Crippen LogP contribution is -2.18. The number of nitro groups is 1. The van der Waals surface area contributed by atoms with Crippen LogP contribution in [0.25, 0.3) is 0 Å². The van der Waals surface area contributed by atoms with Gasteiger partial charge in [-0.2, -0.15) is 13.5 Å². The first-order valence-corrected chi connectivity index (χ1v) is 10.8. The van der Waals surface area contributed by atoms with E-state index in [1.165, 1.54) is 31.4 Å². The summed E-state index contributed by atoms with van der Waals surface area (Å²) in [7, 11) is -2.57. The van der Waals surface area contributed by atoms with Gasteiger partial charge in [0.25, 0.3) is 15.7 Å². The van der Waals surface area contributed by atoms with Gasteiger partial charge in [-0.1, -0.05) is 23.8 Å². The summed E-state index contributed by atoms with van der Waals surface area (Å²) in [6.07, 6.45) is 4.29. The van der Waals surface area contributed by atoms with Crippen LogP contribution in [0.3, 0.4) is 0 Å². The summed E-state index contributed by atoms with van der Waals surface area (Å²) in [5.74, 6) is 0.378. The van der Waals surface area contributed by atoms with Crippen molar-refractivity contribution in [3.8, 4) is 11.5 Å². The Kier molecular flexibility index (Phi) is 7.00. The number of aromatic nitrogens is 1. The number of hydrazone groups is 1. The maximum absolute atomic E-state index is 12.4. The van der Waals surface area contributed by atoms with Crippen LogP contribution in [0.1, 0.15) is 16.7 Å². The van der Waals surface area contributed by atoms with E-state index >= 15 is 0 Å². The van der Waals surface area contributed by atoms with Crippen molar-refractivity contribution in [3.63, 3.8) is 0 Å². The zero-order valence-corrected chi connectivity index (χ0v) is 18.1. The maximum Gasteiger partial charge on any atom is 0.282 e. The molecule has 0 fully saturated rings. The number of nitrogens with zero attached hydrogens (tertiary/aromatic N) is 3. The van der Waals surface area contributed by atoms with Crippen LogP contribution in [-0.2, 0) is 16.6 Å². The minimum absolute atomic E-state index is 0.0185. The highest BCUT2D eigenvalue weighted by Gasteiger charge is 2.19. The van der Waals surface area contributed by atoms with Crippen molar-refractivity contribution in [2.75, 3.05) is 7.11 Å². The van der Waals surface area contributed by atoms with Crippen LogP contribution in [0, 0.1) is 17.0 Å². The number of sulfonamides is 1. The van der Waals surface area contributed by atoms with Gasteiger partial charge >= 0.3 is 0 Å². The van der Waals surface area contributed by atoms with Crippen LogP contribution < -0.4 is 14.3 Å². The van der Waals surface area contributed by atoms with E-state index in [1.54, 1.807) is 30.6 Å². The number of aryl methyl sites for hydroxylation is 1. The summed E-state index contributed by atoms with van der Waals surface area (Å²) in [6.45, 7) is 1.98. The average molecular weight is 456 g/mol. The van der Waals surface area contributed by atoms with Gasteiger partial charge in [0.15, 0.2) is 11.5 Å². The van der Waals surface area contributed by atoms with Crippen LogP contribution in [0.2, 0.25) is 0 Å². The Hall–Kier alpha value is -3.99. The van der Waals surface area contributed by atoms with Crippen molar-refractivity contribution < 1.29 is 22.8 Å². The molecule has 0 aliphatic heterocycles. The first-order valence-electron chi connectivity index (χ1n) is 9.30. The second-order valence-electron chi connectivity index (χ2n) is 6.63. The van der Waals surface area contributed by atoms with Gasteiger partial charge < -0.3 is 9.47 Å². The minimum Gasteiger partial charge on any atom is -0.493 e. The Bertz CT molecular complexity index is 1230. The van der Waals surface area contributed by atoms with E-state index in [4.69, 9.17) is 9.47 Å². The Morgan fingerprint density at radius 1 is 1.19 bits per heavy atom. The quantitative estimate of drug-likeness (QED) is 0.297. The summed E-state index contributed by atoms with van der Waals surface area (Å²) >= 11 is 0. The van der Waals surface area contributed by atoms with Crippen molar-refractivity contribution >= 4 is 21.9 Å². The number of hydrogen-bond donors (Lipinski definition) is 1. The second kappa shape index (κ2) is 9.88. The van der Waals surface area contributed by atoms with Crippen LogP contribution in [0.4, 0.5) is 5.69 Å². The number of ether oxygens (including phenoxy) is 2. The van der Waals surface area contributed by atoms with Gasteiger partial charge in [-0.15, -0.1) is 0 Å². The molecule has 0 aliphatic rings. The predicted molar refractivity (Wildman–Crippen MR) is 117 cm³/mol. The van der Waals surface area contributed by atoms with Gasteiger partial charge in [-0.05, 0) is 31.2 Å². The predicted octanol–water partition coefficient (Wildman–Crippen LogP) is 3.20. The van der Waals surface area contributed by atoms with Crippen molar-refractivity contribution in [3.05, 3.63) is 87.7 Å². The first kappa shape index (κ1) is 22.7. The Balaban J connectivity index is 1.86. The molecule has 11 heteroatoms. The highest BCUT2D eigenvalue weighted by molar-refractivity contribution is 7.89. The van der Waals surface area contributed by atoms with Gasteiger partial charge in [-0.25, -0.2) is 4.83 Å². The molecule has 1 N–H and O–H groups in total. The van der Waals surface area contributed by atoms with Gasteiger partial charge in [0, 0.05) is 18.0 Å². The molecule has 0 atom stereocenters. The molecule has 3 rings (SSSR count). The van der Waals surface area contributed by atoms with Crippen LogP contribution in [-0.4, -0.2) is 31.6 Å². The molecule has 0 saturated heterocycles. The topological polar surface area (TPSA) is 133 Å². The highest BCUT2D eigenvalue weighted by atomic mass is 32.2. The fourth-order valence-electron chi connectivity index (χ4n) is 2.68. The monoisotopic (exact) mass is 456 g/mol. The SMILES string of the molecule is COc1cc([N+](=O)[O-])c(/C=N\NS(=O)(=O)c2ccc(C)cc2)cc1OCc1cccnc1. The first-order chi connectivity index (χ1) is 15.3. The molecule has 10 nitrogen and oxygen atoms in total. The zero-order valence-electron chi connectivity index (χ0n) is 17.3. The second-order valence-corrected chi connectivity index (χ2v) is 8.30. The van der Waals surface area contributed by atoms with E-state index < -0.39 is 14.9 Å². The molecule has 2 aromatic carbocycles. The standard InChI is InChI=1S/C21H20N4O6S/c1-15-5-7-18(8-6-15)32(28,29)24-23-13-17-10-21(20(30-2)11-19(17)25(26)27)31-14-16-4-3-9-22-12-16/h3-13,24H,14H2,1-2H3/b23-13-. The fourth-order valence-corrected chi connectivity index (χ4v) is 3.47. The summed E-state index contributed by atoms with van der Waals surface area (Å²) in [6, 6.07) is 12.3. The molecule has 0 bridgehead atoms. The highest BCUT2D eigenvalue weighted by Crippen LogP contribution is 2.34. The number of nitrogens with one attached hydrogen (secondary N) is 1. The van der Waals surface area contributed by atoms with E-state index in [-0.39, 0.29) is 34.3 Å². The molecule has 1 heterocycles. The number of nitro benzene ring substituents is 1. The largest absolute Gasteiger partial charge is 0.493 e. The molecular weight excluding hydrogens is 436 g/mol. The average Bonchev–Trinajstić information content (AvgIpc) is 2.78. The van der Waals surface area contributed by atoms with Crippen molar-refractivity contribution in [2.24, 2.45) is 5.10 Å². The lowest BCUT2D eigenvalue weighted by atomic mass is 10.1. The summed E-state index contributed by atoms with van der Waals surface area (Å²) in [5.41, 5.74) is 1.39. The third-order valence-corrected chi connectivity index (χ3v) is 5.57. The number of hydrogen-bond acceptors (Lipinski definition) is 8. The van der Waals surface area contributed by atoms with Crippen LogP contribution in [0.15, 0.2) is 70.9 Å². The van der Waals surface area contributed by atoms with E-state index in [0.717, 1.165) is 17.3 Å². The number of benzene rings is 2. The maximum atomic E-state index is 12.4. The molecule has 0 aliphatic carbocycles. The summed E-state index contributed by atoms with van der Waals surface area (Å²) in [4.78, 5) is 16.9. The lowest BCUT2D eigenvalue weighted by molar-refractivity contribution is -0.385. The molecule has 0 saturated carbocycles. The smallest absolute Gasteiger partial charge is 0.282 e. The zero-order chi connectivity index (χ0) is 23.1. The molecular formula is C21H20N4O6S. The number of rotatable bonds is 9. The third-order valence-electron chi connectivity index (χ3n) is 4.33. The molecule has 0 radical (unpaired) electrons. The summed E-state index contributed by atoms with van der Waals surface area (Å²) < 4.78 is 35.7. The molecule has 0 unspecified atom stereocenters. The van der Waals surface area contributed by atoms with E-state index in [2.05, 4.69) is 14.9 Å². The fraction of sp³-hybridized carbons (Fsp3) is 0.143. The third kappa shape index (κ3) is 5.58. The Morgan fingerprint density at radius 3 is 2.56 bits per heavy atom. The Morgan fingerprint density at radius 2 is 1.94 bits per heavy atom. The molecule has 1 aromatic heterocycles. The van der Waals surface area contributed by atoms with E-state index in [0.29, 0.717) is 0 Å². The summed E-state index contributed by atoms with van der Waals surface area (Å²) in [5, 5.41) is 15.2. The van der Waals surface area contributed by atoms with Crippen LogP contribution in [0.5, 0.6) is 11.5 Å². The molecule has 3 aromatic rings. The van der Waals surface area contributed by atoms with Crippen molar-refractivity contribution in [1.29, 1.82) is 0 Å². The molecule has 32 heavy (non-hydrogen) atoms. The minimum atomic E-state index is -3.93. The lowest BCUT2D eigenvalue weighted by Gasteiger charge is -2.12. The van der Waals surface area contributed by atoms with Gasteiger partial charge in [0.1, 0.15) is 6.61 Å². The normalized spacial score (nSPS) is 11.3. The van der Waals surface area contributed by atoms with E-state index in [9.17, 15) is 18.5 Å². The Labute approximate surface area is 184 Å². The molecule has 0 amide bonds. The number of pyridine rings is 1. The van der Waals surface area contributed by atoms with Crippen molar-refractivity contribution in [2.45, 2.75) is 18.4 Å². The molecule has 166 valence electrons. The van der Waals surface area contributed by atoms with E-state index in [1.807, 2.05) is 13.0 Å². The van der Waals surface area contributed by atoms with Gasteiger partial charge in [0.2, 0.25) is 0 Å². The van der Waals surface area contributed by atoms with Crippen LogP contribution >= 0.6 is 0 Å². The number of methoxy groups -OCH3 is 1. The van der Waals surface area contributed by atoms with Crippen molar-refractivity contribution in [1.82, 2.24) is 9.82 Å².